The third kappa shape index (κ3) is 12.8. The van der Waals surface area contributed by atoms with Crippen LogP contribution in [0, 0.1) is 5.92 Å². The zero-order chi connectivity index (χ0) is 40.8. The van der Waals surface area contributed by atoms with Crippen molar-refractivity contribution < 1.29 is 42.3 Å². The summed E-state index contributed by atoms with van der Waals surface area (Å²) >= 11 is 0. The molecule has 5 atom stereocenters. The number of nitrogens with two attached hydrogens (primary N) is 1. The largest absolute Gasteiger partial charge is 0.416 e. The van der Waals surface area contributed by atoms with Crippen LogP contribution in [0.5, 0.6) is 0 Å². The van der Waals surface area contributed by atoms with Crippen molar-refractivity contribution in [2.45, 2.75) is 76.0 Å². The van der Waals surface area contributed by atoms with E-state index >= 15 is 0 Å². The van der Waals surface area contributed by atoms with Crippen LogP contribution in [0.2, 0.25) is 0 Å². The van der Waals surface area contributed by atoms with Crippen molar-refractivity contribution in [1.82, 2.24) is 21.3 Å². The standard InChI is InChI=1S/C42H46F3N5O6/c1-26(2)36(50-38(53)31-20-18-30(19-21-31)29-16-10-5-11-17-29)41(56)49-34(25-28-14-8-4-9-15-28)40(55)48-33(24-27-12-6-3-7-13-27)39(54)47-32(22-23-35(46)51)37(52)42(43,44)45/h3-21,26,32-34,36-37,52H,22-25H2,1-2H3,(H2,46,51)(H,47,54)(H,48,55)(H,49,56)(H,50,53). The Hall–Kier alpha value is -6.02. The van der Waals surface area contributed by atoms with Crippen LogP contribution in [0.25, 0.3) is 11.1 Å². The van der Waals surface area contributed by atoms with Crippen LogP contribution in [0.1, 0.15) is 48.2 Å². The molecule has 0 heterocycles. The number of primary amides is 1. The minimum Gasteiger partial charge on any atom is -0.382 e. The van der Waals surface area contributed by atoms with Gasteiger partial charge in [0.15, 0.2) is 6.10 Å². The second kappa shape index (κ2) is 20.1. The molecule has 0 aromatic heterocycles. The molecule has 11 nitrogen and oxygen atoms in total. The van der Waals surface area contributed by atoms with Crippen molar-refractivity contribution in [1.29, 1.82) is 0 Å². The molecule has 0 bridgehead atoms. The molecule has 0 fully saturated rings. The summed E-state index contributed by atoms with van der Waals surface area (Å²) in [7, 11) is 0. The van der Waals surface area contributed by atoms with Gasteiger partial charge in [-0.1, -0.05) is 117 Å². The van der Waals surface area contributed by atoms with Crippen molar-refractivity contribution >= 4 is 29.5 Å². The Labute approximate surface area is 323 Å². The van der Waals surface area contributed by atoms with Gasteiger partial charge in [-0.15, -0.1) is 0 Å². The molecule has 7 N–H and O–H groups in total. The number of rotatable bonds is 18. The fraction of sp³-hybridized carbons (Fsp3) is 0.310. The first-order chi connectivity index (χ1) is 26.6. The molecule has 14 heteroatoms. The van der Waals surface area contributed by atoms with Crippen LogP contribution in [0.3, 0.4) is 0 Å². The first-order valence-electron chi connectivity index (χ1n) is 18.1. The van der Waals surface area contributed by atoms with E-state index in [1.54, 1.807) is 98.8 Å². The number of hydrogen-bond donors (Lipinski definition) is 6. The van der Waals surface area contributed by atoms with Crippen molar-refractivity contribution in [3.63, 3.8) is 0 Å². The quantitative estimate of drug-likeness (QED) is 0.0881. The highest BCUT2D eigenvalue weighted by Gasteiger charge is 2.44. The van der Waals surface area contributed by atoms with E-state index in [1.807, 2.05) is 30.3 Å². The SMILES string of the molecule is CC(C)C(NC(=O)c1ccc(-c2ccccc2)cc1)C(=O)NC(Cc1ccccc1)C(=O)NC(Cc1ccccc1)C(=O)NC(CCC(N)=O)C(O)C(F)(F)F. The average Bonchev–Trinajstić information content (AvgIpc) is 3.18. The number of nitrogens with one attached hydrogen (secondary N) is 4. The molecular formula is C42H46F3N5O6. The predicted octanol–water partition coefficient (Wildman–Crippen LogP) is 4.24. The number of halogens is 3. The number of aliphatic hydroxyl groups is 1. The summed E-state index contributed by atoms with van der Waals surface area (Å²) < 4.78 is 40.8. The molecule has 0 aliphatic rings. The molecule has 56 heavy (non-hydrogen) atoms. The summed E-state index contributed by atoms with van der Waals surface area (Å²) in [6.07, 6.45) is -9.60. The number of carbonyl (C=O) groups excluding carboxylic acids is 5. The molecule has 296 valence electrons. The van der Waals surface area contributed by atoms with Gasteiger partial charge in [-0.3, -0.25) is 24.0 Å². The lowest BCUT2D eigenvalue weighted by molar-refractivity contribution is -0.212. The van der Waals surface area contributed by atoms with E-state index in [0.29, 0.717) is 16.7 Å². The summed E-state index contributed by atoms with van der Waals surface area (Å²) in [5.74, 6) is -4.49. The van der Waals surface area contributed by atoms with Gasteiger partial charge in [-0.05, 0) is 46.7 Å². The van der Waals surface area contributed by atoms with Gasteiger partial charge in [0, 0.05) is 24.8 Å². The van der Waals surface area contributed by atoms with Gasteiger partial charge >= 0.3 is 6.18 Å². The molecular weight excluding hydrogens is 727 g/mol. The molecule has 4 aromatic carbocycles. The molecule has 0 saturated carbocycles. The van der Waals surface area contributed by atoms with Gasteiger partial charge in [0.25, 0.3) is 5.91 Å². The number of alkyl halides is 3. The van der Waals surface area contributed by atoms with E-state index in [1.165, 1.54) is 0 Å². The van der Waals surface area contributed by atoms with Crippen LogP contribution in [0.4, 0.5) is 13.2 Å². The number of amides is 5. The van der Waals surface area contributed by atoms with Gasteiger partial charge in [-0.25, -0.2) is 0 Å². The van der Waals surface area contributed by atoms with Crippen molar-refractivity contribution in [3.8, 4) is 11.1 Å². The maximum atomic E-state index is 14.1. The van der Waals surface area contributed by atoms with Crippen molar-refractivity contribution in [2.24, 2.45) is 11.7 Å². The number of hydrogen-bond acceptors (Lipinski definition) is 6. The van der Waals surface area contributed by atoms with Crippen LogP contribution >= 0.6 is 0 Å². The lowest BCUT2D eigenvalue weighted by atomic mass is 9.99. The molecule has 0 saturated heterocycles. The highest BCUT2D eigenvalue weighted by Crippen LogP contribution is 2.25. The third-order valence-corrected chi connectivity index (χ3v) is 9.07. The van der Waals surface area contributed by atoms with Gasteiger partial charge in [-0.2, -0.15) is 13.2 Å². The smallest absolute Gasteiger partial charge is 0.382 e. The van der Waals surface area contributed by atoms with E-state index in [4.69, 9.17) is 5.73 Å². The van der Waals surface area contributed by atoms with E-state index in [0.717, 1.165) is 11.1 Å². The zero-order valence-electron chi connectivity index (χ0n) is 31.0. The van der Waals surface area contributed by atoms with Gasteiger partial charge in [0.05, 0.1) is 6.04 Å². The predicted molar refractivity (Wildman–Crippen MR) is 205 cm³/mol. The Kier molecular flexibility index (Phi) is 15.3. The maximum Gasteiger partial charge on any atom is 0.416 e. The number of carbonyl (C=O) groups is 5. The molecule has 0 aliphatic carbocycles. The molecule has 0 radical (unpaired) electrons. The lowest BCUT2D eigenvalue weighted by Gasteiger charge is -2.29. The molecule has 5 unspecified atom stereocenters. The van der Waals surface area contributed by atoms with Gasteiger partial charge in [0.1, 0.15) is 18.1 Å². The first-order valence-corrected chi connectivity index (χ1v) is 18.1. The summed E-state index contributed by atoms with van der Waals surface area (Å²) in [5, 5.41) is 20.3. The van der Waals surface area contributed by atoms with Crippen LogP contribution in [0.15, 0.2) is 115 Å². The molecule has 0 spiro atoms. The molecule has 5 amide bonds. The zero-order valence-corrected chi connectivity index (χ0v) is 31.0. The summed E-state index contributed by atoms with van der Waals surface area (Å²) in [6.45, 7) is 3.44. The normalized spacial score (nSPS) is 14.1. The summed E-state index contributed by atoms with van der Waals surface area (Å²) in [6, 6.07) is 27.6. The minimum absolute atomic E-state index is 0.0498. The Morgan fingerprint density at radius 2 is 1.07 bits per heavy atom. The fourth-order valence-electron chi connectivity index (χ4n) is 5.97. The fourth-order valence-corrected chi connectivity index (χ4v) is 5.97. The maximum absolute atomic E-state index is 14.1. The third-order valence-electron chi connectivity index (χ3n) is 9.07. The van der Waals surface area contributed by atoms with Crippen LogP contribution in [-0.2, 0) is 32.0 Å². The Balaban J connectivity index is 1.57. The molecule has 4 aromatic rings. The Morgan fingerprint density at radius 1 is 0.625 bits per heavy atom. The lowest BCUT2D eigenvalue weighted by Crippen LogP contribution is -2.60. The van der Waals surface area contributed by atoms with Gasteiger partial charge < -0.3 is 32.1 Å². The van der Waals surface area contributed by atoms with Crippen molar-refractivity contribution in [3.05, 3.63) is 132 Å². The highest BCUT2D eigenvalue weighted by atomic mass is 19.4. The summed E-state index contributed by atoms with van der Waals surface area (Å²) in [5.41, 5.74) is 8.49. The summed E-state index contributed by atoms with van der Waals surface area (Å²) in [4.78, 5) is 66.4. The first kappa shape index (κ1) is 42.7. The number of benzene rings is 4. The topological polar surface area (TPSA) is 180 Å². The van der Waals surface area contributed by atoms with E-state index in [2.05, 4.69) is 21.3 Å². The Morgan fingerprint density at radius 3 is 1.54 bits per heavy atom. The van der Waals surface area contributed by atoms with E-state index < -0.39 is 84.7 Å². The second-order valence-corrected chi connectivity index (χ2v) is 13.7. The average molecular weight is 774 g/mol. The van der Waals surface area contributed by atoms with E-state index in [9.17, 15) is 42.3 Å². The number of aliphatic hydroxyl groups excluding tert-OH is 1. The Bertz CT molecular complexity index is 1910. The highest BCUT2D eigenvalue weighted by molar-refractivity contribution is 5.99. The minimum atomic E-state index is -5.15. The van der Waals surface area contributed by atoms with Gasteiger partial charge in [0.2, 0.25) is 23.6 Å². The van der Waals surface area contributed by atoms with Crippen molar-refractivity contribution in [2.75, 3.05) is 0 Å². The molecule has 4 rings (SSSR count). The van der Waals surface area contributed by atoms with E-state index in [-0.39, 0.29) is 12.8 Å². The molecule has 0 aliphatic heterocycles. The second-order valence-electron chi connectivity index (χ2n) is 13.7. The van der Waals surface area contributed by atoms with Crippen LogP contribution < -0.4 is 27.0 Å². The monoisotopic (exact) mass is 773 g/mol. The van der Waals surface area contributed by atoms with Crippen LogP contribution in [-0.4, -0.2) is 71.1 Å².